The van der Waals surface area contributed by atoms with E-state index in [1.165, 1.54) is 6.07 Å². The fourth-order valence-corrected chi connectivity index (χ4v) is 2.46. The molecule has 1 atom stereocenters. The first-order chi connectivity index (χ1) is 9.10. The Bertz CT molecular complexity index is 417. The molecule has 1 aromatic carbocycles. The monoisotopic (exact) mass is 269 g/mol. The smallest absolute Gasteiger partial charge is 0.128 e. The first kappa shape index (κ1) is 14.4. The molecule has 2 rings (SSSR count). The third-order valence-corrected chi connectivity index (χ3v) is 3.72. The lowest BCUT2D eigenvalue weighted by Crippen LogP contribution is -2.48. The lowest BCUT2D eigenvalue weighted by molar-refractivity contribution is 0.131. The Kier molecular flexibility index (Phi) is 4.85. The molecular formula is C14H21F2N3. The fourth-order valence-electron chi connectivity index (χ4n) is 2.46. The van der Waals surface area contributed by atoms with Gasteiger partial charge in [0.25, 0.3) is 0 Å². The van der Waals surface area contributed by atoms with E-state index in [-0.39, 0.29) is 5.56 Å². The summed E-state index contributed by atoms with van der Waals surface area (Å²) < 4.78 is 26.8. The predicted octanol–water partition coefficient (Wildman–Crippen LogP) is 1.60. The number of benzene rings is 1. The van der Waals surface area contributed by atoms with Crippen LogP contribution in [0, 0.1) is 11.6 Å². The minimum Gasteiger partial charge on any atom is -0.323 e. The average molecular weight is 269 g/mol. The molecule has 2 N–H and O–H groups in total. The molecule has 1 saturated heterocycles. The molecule has 1 aliphatic rings. The van der Waals surface area contributed by atoms with E-state index in [2.05, 4.69) is 16.7 Å². The Balaban J connectivity index is 1.94. The number of nitrogens with two attached hydrogens (primary N) is 1. The van der Waals surface area contributed by atoms with Crippen LogP contribution in [0.3, 0.4) is 0 Å². The van der Waals surface area contributed by atoms with Gasteiger partial charge >= 0.3 is 0 Å². The summed E-state index contributed by atoms with van der Waals surface area (Å²) >= 11 is 0. The zero-order valence-electron chi connectivity index (χ0n) is 11.3. The van der Waals surface area contributed by atoms with Gasteiger partial charge in [-0.3, -0.25) is 4.90 Å². The summed E-state index contributed by atoms with van der Waals surface area (Å²) in [5.41, 5.74) is 6.26. The summed E-state index contributed by atoms with van der Waals surface area (Å²) in [6.07, 6.45) is 0. The zero-order valence-corrected chi connectivity index (χ0v) is 11.3. The second-order valence-corrected chi connectivity index (χ2v) is 5.01. The molecule has 1 heterocycles. The van der Waals surface area contributed by atoms with Crippen molar-refractivity contribution in [3.63, 3.8) is 0 Å². The highest BCUT2D eigenvalue weighted by Gasteiger charge is 2.20. The third-order valence-electron chi connectivity index (χ3n) is 3.72. The van der Waals surface area contributed by atoms with E-state index < -0.39 is 17.7 Å². The van der Waals surface area contributed by atoms with Gasteiger partial charge in [0.05, 0.1) is 0 Å². The van der Waals surface area contributed by atoms with Crippen LogP contribution in [-0.4, -0.2) is 49.1 Å². The molecule has 0 bridgehead atoms. The molecule has 106 valence electrons. The van der Waals surface area contributed by atoms with Crippen molar-refractivity contribution in [1.29, 1.82) is 0 Å². The van der Waals surface area contributed by atoms with Crippen molar-refractivity contribution < 1.29 is 8.78 Å². The van der Waals surface area contributed by atoms with E-state index in [1.54, 1.807) is 0 Å². The van der Waals surface area contributed by atoms with Crippen LogP contribution in [0.15, 0.2) is 18.2 Å². The first-order valence-electron chi connectivity index (χ1n) is 6.75. The Morgan fingerprint density at radius 2 is 1.79 bits per heavy atom. The standard InChI is InChI=1S/C14H21F2N3/c1-2-18-5-7-19(8-6-18)10-14(17)12-9-11(15)3-4-13(12)16/h3-4,9,14H,2,5-8,10,17H2,1H3. The maximum absolute atomic E-state index is 13.6. The molecule has 19 heavy (non-hydrogen) atoms. The predicted molar refractivity (Wildman–Crippen MR) is 71.8 cm³/mol. The minimum atomic E-state index is -0.483. The van der Waals surface area contributed by atoms with Crippen molar-refractivity contribution in [2.24, 2.45) is 5.73 Å². The van der Waals surface area contributed by atoms with Crippen LogP contribution in [0.1, 0.15) is 18.5 Å². The normalized spacial score (nSPS) is 19.6. The van der Waals surface area contributed by atoms with Crippen LogP contribution in [-0.2, 0) is 0 Å². The van der Waals surface area contributed by atoms with Crippen molar-refractivity contribution in [2.75, 3.05) is 39.3 Å². The SMILES string of the molecule is CCN1CCN(CC(N)c2cc(F)ccc2F)CC1. The summed E-state index contributed by atoms with van der Waals surface area (Å²) in [5.74, 6) is -0.872. The van der Waals surface area contributed by atoms with Crippen molar-refractivity contribution in [1.82, 2.24) is 9.80 Å². The van der Waals surface area contributed by atoms with Crippen LogP contribution in [0.2, 0.25) is 0 Å². The van der Waals surface area contributed by atoms with Crippen molar-refractivity contribution in [3.8, 4) is 0 Å². The Hall–Kier alpha value is -1.04. The van der Waals surface area contributed by atoms with Crippen molar-refractivity contribution >= 4 is 0 Å². The lowest BCUT2D eigenvalue weighted by atomic mass is 10.1. The highest BCUT2D eigenvalue weighted by Crippen LogP contribution is 2.18. The van der Waals surface area contributed by atoms with Gasteiger partial charge in [-0.2, -0.15) is 0 Å². The molecule has 0 radical (unpaired) electrons. The van der Waals surface area contributed by atoms with E-state index in [9.17, 15) is 8.78 Å². The van der Waals surface area contributed by atoms with Crippen LogP contribution in [0.25, 0.3) is 0 Å². The molecule has 1 unspecified atom stereocenters. The van der Waals surface area contributed by atoms with Gasteiger partial charge in [0.2, 0.25) is 0 Å². The van der Waals surface area contributed by atoms with Gasteiger partial charge in [0.1, 0.15) is 11.6 Å². The van der Waals surface area contributed by atoms with Crippen molar-refractivity contribution in [2.45, 2.75) is 13.0 Å². The Labute approximate surface area is 113 Å². The minimum absolute atomic E-state index is 0.262. The molecule has 0 amide bonds. The largest absolute Gasteiger partial charge is 0.323 e. The molecule has 1 fully saturated rings. The van der Waals surface area contributed by atoms with Crippen LogP contribution >= 0.6 is 0 Å². The second-order valence-electron chi connectivity index (χ2n) is 5.01. The lowest BCUT2D eigenvalue weighted by Gasteiger charge is -2.35. The molecule has 5 heteroatoms. The quantitative estimate of drug-likeness (QED) is 0.901. The highest BCUT2D eigenvalue weighted by atomic mass is 19.1. The number of halogens is 2. The van der Waals surface area contributed by atoms with Gasteiger partial charge in [-0.15, -0.1) is 0 Å². The Morgan fingerprint density at radius 1 is 1.16 bits per heavy atom. The van der Waals surface area contributed by atoms with Gasteiger partial charge in [0.15, 0.2) is 0 Å². The number of likely N-dealkylation sites (N-methyl/N-ethyl adjacent to an activating group) is 1. The second kappa shape index (κ2) is 6.41. The fraction of sp³-hybridized carbons (Fsp3) is 0.571. The molecular weight excluding hydrogens is 248 g/mol. The molecule has 1 aromatic rings. The van der Waals surface area contributed by atoms with Gasteiger partial charge in [-0.05, 0) is 24.7 Å². The molecule has 0 aromatic heterocycles. The van der Waals surface area contributed by atoms with Crippen LogP contribution < -0.4 is 5.73 Å². The number of piperazine rings is 1. The molecule has 0 saturated carbocycles. The summed E-state index contributed by atoms with van der Waals surface area (Å²) in [6, 6.07) is 2.97. The summed E-state index contributed by atoms with van der Waals surface area (Å²) in [4.78, 5) is 4.58. The number of hydrogen-bond donors (Lipinski definition) is 1. The van der Waals surface area contributed by atoms with Gasteiger partial charge in [0, 0.05) is 44.3 Å². The topological polar surface area (TPSA) is 32.5 Å². The van der Waals surface area contributed by atoms with Gasteiger partial charge in [-0.25, -0.2) is 8.78 Å². The van der Waals surface area contributed by atoms with E-state index in [4.69, 9.17) is 5.73 Å². The molecule has 1 aliphatic heterocycles. The maximum Gasteiger partial charge on any atom is 0.128 e. The van der Waals surface area contributed by atoms with E-state index in [1.807, 2.05) is 0 Å². The summed E-state index contributed by atoms with van der Waals surface area (Å²) in [5, 5.41) is 0. The average Bonchev–Trinajstić information content (AvgIpc) is 2.42. The van der Waals surface area contributed by atoms with Gasteiger partial charge in [-0.1, -0.05) is 6.92 Å². The Morgan fingerprint density at radius 3 is 2.42 bits per heavy atom. The van der Waals surface area contributed by atoms with Gasteiger partial charge < -0.3 is 10.6 Å². The van der Waals surface area contributed by atoms with Crippen molar-refractivity contribution in [3.05, 3.63) is 35.4 Å². The highest BCUT2D eigenvalue weighted by molar-refractivity contribution is 5.22. The number of rotatable bonds is 4. The van der Waals surface area contributed by atoms with Crippen LogP contribution in [0.4, 0.5) is 8.78 Å². The number of nitrogens with zero attached hydrogens (tertiary/aromatic N) is 2. The molecule has 0 aliphatic carbocycles. The summed E-state index contributed by atoms with van der Waals surface area (Å²) in [6.45, 7) is 7.64. The zero-order chi connectivity index (χ0) is 13.8. The molecule has 0 spiro atoms. The summed E-state index contributed by atoms with van der Waals surface area (Å²) in [7, 11) is 0. The van der Waals surface area contributed by atoms with Crippen LogP contribution in [0.5, 0.6) is 0 Å². The van der Waals surface area contributed by atoms with E-state index in [0.29, 0.717) is 6.54 Å². The number of hydrogen-bond acceptors (Lipinski definition) is 3. The molecule has 3 nitrogen and oxygen atoms in total. The maximum atomic E-state index is 13.6. The first-order valence-corrected chi connectivity index (χ1v) is 6.75. The third kappa shape index (κ3) is 3.72. The van der Waals surface area contributed by atoms with E-state index in [0.717, 1.165) is 44.9 Å². The van der Waals surface area contributed by atoms with E-state index >= 15 is 0 Å².